The van der Waals surface area contributed by atoms with Crippen molar-refractivity contribution in [3.63, 3.8) is 0 Å². The molecule has 3 nitrogen and oxygen atoms in total. The van der Waals surface area contributed by atoms with Crippen molar-refractivity contribution in [3.8, 4) is 6.07 Å². The molecule has 1 aliphatic carbocycles. The van der Waals surface area contributed by atoms with E-state index in [1.165, 1.54) is 18.2 Å². The number of pyridine rings is 1. The van der Waals surface area contributed by atoms with Gasteiger partial charge >= 0.3 is 0 Å². The lowest BCUT2D eigenvalue weighted by molar-refractivity contribution is 0.145. The van der Waals surface area contributed by atoms with Crippen LogP contribution in [0.2, 0.25) is 0 Å². The van der Waals surface area contributed by atoms with Crippen LogP contribution in [0.15, 0.2) is 41.6 Å². The predicted molar refractivity (Wildman–Crippen MR) is 65.4 cm³/mol. The van der Waals surface area contributed by atoms with Crippen LogP contribution in [0.25, 0.3) is 0 Å². The Kier molecular flexibility index (Phi) is 4.20. The van der Waals surface area contributed by atoms with Crippen LogP contribution in [0.5, 0.6) is 0 Å². The first-order chi connectivity index (χ1) is 9.54. The molecule has 1 aromatic rings. The first-order valence-electron chi connectivity index (χ1n) is 5.91. The van der Waals surface area contributed by atoms with Crippen molar-refractivity contribution in [1.29, 1.82) is 5.26 Å². The van der Waals surface area contributed by atoms with Gasteiger partial charge in [-0.2, -0.15) is 5.26 Å². The van der Waals surface area contributed by atoms with Gasteiger partial charge in [0.05, 0.1) is 11.6 Å². The Bertz CT molecular complexity index is 605. The van der Waals surface area contributed by atoms with Crippen molar-refractivity contribution in [2.24, 2.45) is 0 Å². The molecule has 0 bridgehead atoms. The summed E-state index contributed by atoms with van der Waals surface area (Å²) < 4.78 is 38.8. The summed E-state index contributed by atoms with van der Waals surface area (Å²) in [5, 5.41) is 19.1. The maximum Gasteiger partial charge on any atom is 0.280 e. The zero-order valence-corrected chi connectivity index (χ0v) is 10.3. The van der Waals surface area contributed by atoms with Gasteiger partial charge in [0.1, 0.15) is 18.0 Å². The Hall–Kier alpha value is -2.13. The summed E-state index contributed by atoms with van der Waals surface area (Å²) in [5.74, 6) is 0. The number of hydrogen-bond acceptors (Lipinski definition) is 3. The predicted octanol–water partition coefficient (Wildman–Crippen LogP) is 3.17. The third-order valence-corrected chi connectivity index (χ3v) is 3.02. The van der Waals surface area contributed by atoms with Crippen molar-refractivity contribution >= 4 is 0 Å². The summed E-state index contributed by atoms with van der Waals surface area (Å²) in [4.78, 5) is 3.49. The fourth-order valence-electron chi connectivity index (χ4n) is 2.01. The average molecular weight is 280 g/mol. The van der Waals surface area contributed by atoms with Crippen LogP contribution in [-0.4, -0.2) is 16.3 Å². The van der Waals surface area contributed by atoms with Gasteiger partial charge in [0.2, 0.25) is 0 Å². The number of nitrogens with zero attached hydrogens (tertiary/aromatic N) is 2. The Labute approximate surface area is 113 Å². The van der Waals surface area contributed by atoms with Crippen LogP contribution in [-0.2, 0) is 0 Å². The molecule has 1 aliphatic rings. The molecule has 1 heterocycles. The molecular weight excluding hydrogens is 269 g/mol. The number of aliphatic hydroxyl groups is 1. The number of allylic oxidation sites excluding steroid dienone is 2. The molecule has 2 unspecified atom stereocenters. The summed E-state index contributed by atoms with van der Waals surface area (Å²) >= 11 is 0. The Balaban J connectivity index is 2.41. The molecular formula is C14H11F3N2O. The third kappa shape index (κ3) is 2.73. The van der Waals surface area contributed by atoms with E-state index in [0.29, 0.717) is 0 Å². The SMILES string of the molecule is N#CC1=C(C(O)c2ccnc(C(F)F)c2)C=CCC1F. The number of alkyl halides is 3. The highest BCUT2D eigenvalue weighted by Crippen LogP contribution is 2.32. The van der Waals surface area contributed by atoms with Gasteiger partial charge in [-0.3, -0.25) is 4.98 Å². The van der Waals surface area contributed by atoms with Crippen LogP contribution in [0, 0.1) is 11.3 Å². The van der Waals surface area contributed by atoms with Crippen molar-refractivity contribution in [2.45, 2.75) is 25.1 Å². The lowest BCUT2D eigenvalue weighted by atomic mass is 9.90. The molecule has 1 aromatic heterocycles. The van der Waals surface area contributed by atoms with Crippen LogP contribution in [0.3, 0.4) is 0 Å². The maximum absolute atomic E-state index is 13.6. The van der Waals surface area contributed by atoms with Gasteiger partial charge in [0.25, 0.3) is 6.43 Å². The van der Waals surface area contributed by atoms with Crippen LogP contribution < -0.4 is 0 Å². The van der Waals surface area contributed by atoms with Gasteiger partial charge in [-0.1, -0.05) is 12.2 Å². The monoisotopic (exact) mass is 280 g/mol. The second kappa shape index (κ2) is 5.88. The van der Waals surface area contributed by atoms with E-state index in [0.717, 1.165) is 12.3 Å². The summed E-state index contributed by atoms with van der Waals surface area (Å²) in [5.41, 5.74) is -0.401. The summed E-state index contributed by atoms with van der Waals surface area (Å²) in [6, 6.07) is 4.13. The van der Waals surface area contributed by atoms with E-state index in [4.69, 9.17) is 5.26 Å². The second-order valence-corrected chi connectivity index (χ2v) is 4.30. The second-order valence-electron chi connectivity index (χ2n) is 4.30. The fraction of sp³-hybridized carbons (Fsp3) is 0.286. The first-order valence-corrected chi connectivity index (χ1v) is 5.91. The first kappa shape index (κ1) is 14.3. The molecule has 2 rings (SSSR count). The molecule has 0 radical (unpaired) electrons. The lowest BCUT2D eigenvalue weighted by Gasteiger charge is -2.19. The van der Waals surface area contributed by atoms with E-state index >= 15 is 0 Å². The normalized spacial score (nSPS) is 20.1. The molecule has 0 saturated carbocycles. The van der Waals surface area contributed by atoms with Gasteiger partial charge in [0, 0.05) is 18.2 Å². The van der Waals surface area contributed by atoms with E-state index in [9.17, 15) is 18.3 Å². The molecule has 0 aromatic carbocycles. The summed E-state index contributed by atoms with van der Waals surface area (Å²) in [6.07, 6.45) is -1.42. The van der Waals surface area contributed by atoms with E-state index in [1.807, 2.05) is 0 Å². The largest absolute Gasteiger partial charge is 0.384 e. The van der Waals surface area contributed by atoms with Crippen molar-refractivity contribution in [1.82, 2.24) is 4.98 Å². The average Bonchev–Trinajstić information content (AvgIpc) is 2.46. The topological polar surface area (TPSA) is 56.9 Å². The fourth-order valence-corrected chi connectivity index (χ4v) is 2.01. The van der Waals surface area contributed by atoms with Crippen LogP contribution >= 0.6 is 0 Å². The van der Waals surface area contributed by atoms with Crippen molar-refractivity contribution in [2.75, 3.05) is 0 Å². The lowest BCUT2D eigenvalue weighted by Crippen LogP contribution is -2.13. The molecule has 0 aliphatic heterocycles. The quantitative estimate of drug-likeness (QED) is 0.925. The van der Waals surface area contributed by atoms with Gasteiger partial charge in [-0.05, 0) is 17.7 Å². The van der Waals surface area contributed by atoms with Crippen LogP contribution in [0.4, 0.5) is 13.2 Å². The van der Waals surface area contributed by atoms with Gasteiger partial charge in [-0.15, -0.1) is 0 Å². The van der Waals surface area contributed by atoms with Crippen molar-refractivity contribution < 1.29 is 18.3 Å². The number of hydrogen-bond donors (Lipinski definition) is 1. The maximum atomic E-state index is 13.6. The number of aromatic nitrogens is 1. The molecule has 1 N–H and O–H groups in total. The summed E-state index contributed by atoms with van der Waals surface area (Å²) in [7, 11) is 0. The minimum absolute atomic E-state index is 0.0672. The number of nitriles is 1. The number of rotatable bonds is 3. The molecule has 6 heteroatoms. The Morgan fingerprint density at radius 2 is 2.20 bits per heavy atom. The molecule has 104 valence electrons. The van der Waals surface area contributed by atoms with E-state index in [-0.39, 0.29) is 23.1 Å². The standard InChI is InChI=1S/C14H11F3N2O/c15-11-3-1-2-9(10(11)7-18)13(20)8-4-5-19-12(6-8)14(16)17/h1-2,4-6,11,13-14,20H,3H2. The zero-order chi connectivity index (χ0) is 14.7. The van der Waals surface area contributed by atoms with Crippen molar-refractivity contribution in [3.05, 3.63) is 52.9 Å². The molecule has 0 spiro atoms. The molecule has 0 saturated heterocycles. The smallest absolute Gasteiger partial charge is 0.280 e. The highest BCUT2D eigenvalue weighted by Gasteiger charge is 2.25. The van der Waals surface area contributed by atoms with Gasteiger partial charge in [-0.25, -0.2) is 13.2 Å². The molecule has 20 heavy (non-hydrogen) atoms. The highest BCUT2D eigenvalue weighted by atomic mass is 19.3. The Morgan fingerprint density at radius 3 is 2.85 bits per heavy atom. The molecule has 0 amide bonds. The number of halogens is 3. The van der Waals surface area contributed by atoms with E-state index in [1.54, 1.807) is 6.07 Å². The van der Waals surface area contributed by atoms with Gasteiger partial charge < -0.3 is 5.11 Å². The Morgan fingerprint density at radius 1 is 1.45 bits per heavy atom. The zero-order valence-electron chi connectivity index (χ0n) is 10.3. The van der Waals surface area contributed by atoms with Gasteiger partial charge in [0.15, 0.2) is 0 Å². The minimum Gasteiger partial charge on any atom is -0.384 e. The molecule has 0 fully saturated rings. The highest BCUT2D eigenvalue weighted by molar-refractivity contribution is 5.46. The van der Waals surface area contributed by atoms with Crippen LogP contribution in [0.1, 0.15) is 30.2 Å². The molecule has 2 atom stereocenters. The van der Waals surface area contributed by atoms with E-state index < -0.39 is 24.4 Å². The third-order valence-electron chi connectivity index (χ3n) is 3.02. The van der Waals surface area contributed by atoms with E-state index in [2.05, 4.69) is 4.98 Å². The minimum atomic E-state index is -2.76. The number of aliphatic hydroxyl groups excluding tert-OH is 1. The summed E-state index contributed by atoms with van der Waals surface area (Å²) in [6.45, 7) is 0.